The van der Waals surface area contributed by atoms with Crippen molar-refractivity contribution in [3.63, 3.8) is 0 Å². The highest BCUT2D eigenvalue weighted by atomic mass is 32.2. The van der Waals surface area contributed by atoms with Gasteiger partial charge in [-0.05, 0) is 6.54 Å². The van der Waals surface area contributed by atoms with E-state index in [0.717, 1.165) is 37.6 Å². The Hall–Kier alpha value is -0.590. The van der Waals surface area contributed by atoms with Crippen LogP contribution in [0.25, 0.3) is 0 Å². The molecule has 0 spiro atoms. The van der Waals surface area contributed by atoms with Gasteiger partial charge in [0.2, 0.25) is 0 Å². The second kappa shape index (κ2) is 5.37. The fourth-order valence-corrected chi connectivity index (χ4v) is 3.10. The Balaban J connectivity index is 1.97. The van der Waals surface area contributed by atoms with Crippen LogP contribution >= 0.6 is 24.0 Å². The SMILES string of the molecule is CCN1CCN(/C=C2\SC(=S)N(C)C2=O)CC1. The molecule has 2 aliphatic heterocycles. The smallest absolute Gasteiger partial charge is 0.267 e. The van der Waals surface area contributed by atoms with Crippen molar-refractivity contribution in [2.24, 2.45) is 0 Å². The summed E-state index contributed by atoms with van der Waals surface area (Å²) in [6, 6.07) is 0. The van der Waals surface area contributed by atoms with Crippen LogP contribution in [0.4, 0.5) is 0 Å². The normalized spacial score (nSPS) is 25.2. The van der Waals surface area contributed by atoms with Crippen molar-refractivity contribution in [2.45, 2.75) is 6.92 Å². The van der Waals surface area contributed by atoms with Gasteiger partial charge in [-0.1, -0.05) is 30.9 Å². The van der Waals surface area contributed by atoms with E-state index in [1.54, 1.807) is 7.05 Å². The highest BCUT2D eigenvalue weighted by Crippen LogP contribution is 2.29. The van der Waals surface area contributed by atoms with Gasteiger partial charge in [-0.25, -0.2) is 0 Å². The van der Waals surface area contributed by atoms with Gasteiger partial charge in [0.1, 0.15) is 4.32 Å². The lowest BCUT2D eigenvalue weighted by Gasteiger charge is -2.33. The Morgan fingerprint density at radius 2 is 2.00 bits per heavy atom. The minimum absolute atomic E-state index is 0.0259. The van der Waals surface area contributed by atoms with E-state index in [0.29, 0.717) is 4.32 Å². The maximum Gasteiger partial charge on any atom is 0.267 e. The Bertz CT molecular complexity index is 362. The quantitative estimate of drug-likeness (QED) is 0.551. The van der Waals surface area contributed by atoms with Gasteiger partial charge in [-0.3, -0.25) is 9.69 Å². The van der Waals surface area contributed by atoms with E-state index in [9.17, 15) is 4.79 Å². The number of thioether (sulfide) groups is 1. The number of carbonyl (C=O) groups excluding carboxylic acids is 1. The number of hydrogen-bond donors (Lipinski definition) is 0. The second-order valence-corrected chi connectivity index (χ2v) is 5.87. The highest BCUT2D eigenvalue weighted by molar-refractivity contribution is 8.26. The molecule has 0 aromatic heterocycles. The molecule has 0 radical (unpaired) electrons. The molecule has 0 bridgehead atoms. The van der Waals surface area contributed by atoms with Gasteiger partial charge in [-0.2, -0.15) is 0 Å². The van der Waals surface area contributed by atoms with Crippen LogP contribution in [0.15, 0.2) is 11.1 Å². The van der Waals surface area contributed by atoms with Crippen LogP contribution in [0.2, 0.25) is 0 Å². The number of nitrogens with zero attached hydrogens (tertiary/aromatic N) is 3. The summed E-state index contributed by atoms with van der Waals surface area (Å²) in [5, 5.41) is 0. The fraction of sp³-hybridized carbons (Fsp3) is 0.636. The largest absolute Gasteiger partial charge is 0.374 e. The summed E-state index contributed by atoms with van der Waals surface area (Å²) in [5.41, 5.74) is 0. The summed E-state index contributed by atoms with van der Waals surface area (Å²) >= 11 is 6.50. The standard InChI is InChI=1S/C11H17N3OS2/c1-3-13-4-6-14(7-5-13)8-9-10(15)12(2)11(16)17-9/h8H,3-7H2,1-2H3/b9-8-. The molecule has 1 amide bonds. The van der Waals surface area contributed by atoms with Gasteiger partial charge >= 0.3 is 0 Å². The highest BCUT2D eigenvalue weighted by Gasteiger charge is 2.29. The minimum Gasteiger partial charge on any atom is -0.374 e. The van der Waals surface area contributed by atoms with Crippen molar-refractivity contribution in [3.8, 4) is 0 Å². The monoisotopic (exact) mass is 271 g/mol. The third-order valence-electron chi connectivity index (χ3n) is 3.14. The van der Waals surface area contributed by atoms with E-state index >= 15 is 0 Å². The van der Waals surface area contributed by atoms with E-state index < -0.39 is 0 Å². The summed E-state index contributed by atoms with van der Waals surface area (Å²) in [6.07, 6.45) is 1.97. The Morgan fingerprint density at radius 3 is 2.47 bits per heavy atom. The van der Waals surface area contributed by atoms with E-state index in [2.05, 4.69) is 16.7 Å². The maximum atomic E-state index is 11.8. The van der Waals surface area contributed by atoms with E-state index in [4.69, 9.17) is 12.2 Å². The zero-order chi connectivity index (χ0) is 12.4. The third kappa shape index (κ3) is 2.81. The molecule has 2 fully saturated rings. The van der Waals surface area contributed by atoms with E-state index in [1.165, 1.54) is 16.7 Å². The number of carbonyl (C=O) groups is 1. The molecule has 0 atom stereocenters. The number of piperazine rings is 1. The van der Waals surface area contributed by atoms with E-state index in [-0.39, 0.29) is 5.91 Å². The number of thiocarbonyl (C=S) groups is 1. The number of rotatable bonds is 2. The molecule has 2 rings (SSSR count). The molecule has 4 nitrogen and oxygen atoms in total. The van der Waals surface area contributed by atoms with Gasteiger partial charge in [-0.15, -0.1) is 0 Å². The fourth-order valence-electron chi connectivity index (χ4n) is 1.91. The van der Waals surface area contributed by atoms with Crippen LogP contribution in [-0.2, 0) is 4.79 Å². The molecule has 2 heterocycles. The Kier molecular flexibility index (Phi) is 4.06. The number of likely N-dealkylation sites (N-methyl/N-ethyl adjacent to an activating group) is 2. The Labute approximate surface area is 112 Å². The first-order chi connectivity index (χ1) is 8.11. The third-order valence-corrected chi connectivity index (χ3v) is 4.61. The summed E-state index contributed by atoms with van der Waals surface area (Å²) in [4.78, 5) is 18.7. The average Bonchev–Trinajstić information content (AvgIpc) is 2.58. The molecule has 94 valence electrons. The average molecular weight is 271 g/mol. The molecule has 0 unspecified atom stereocenters. The molecule has 6 heteroatoms. The lowest BCUT2D eigenvalue weighted by atomic mass is 10.3. The minimum atomic E-state index is 0.0259. The molecule has 2 aliphatic rings. The van der Waals surface area contributed by atoms with Crippen LogP contribution in [0.3, 0.4) is 0 Å². The van der Waals surface area contributed by atoms with Crippen LogP contribution in [0, 0.1) is 0 Å². The topological polar surface area (TPSA) is 26.8 Å². The second-order valence-electron chi connectivity index (χ2n) is 4.20. The van der Waals surface area contributed by atoms with Crippen molar-refractivity contribution in [1.82, 2.24) is 14.7 Å². The predicted octanol–water partition coefficient (Wildman–Crippen LogP) is 0.955. The Morgan fingerprint density at radius 1 is 1.35 bits per heavy atom. The van der Waals surface area contributed by atoms with Gasteiger partial charge in [0.15, 0.2) is 0 Å². The summed E-state index contributed by atoms with van der Waals surface area (Å²) in [6.45, 7) is 7.39. The molecule has 0 aliphatic carbocycles. The lowest BCUT2D eigenvalue weighted by molar-refractivity contribution is -0.121. The first-order valence-corrected chi connectivity index (χ1v) is 7.02. The zero-order valence-electron chi connectivity index (χ0n) is 10.2. The van der Waals surface area contributed by atoms with Crippen molar-refractivity contribution in [1.29, 1.82) is 0 Å². The molecular weight excluding hydrogens is 254 g/mol. The molecule has 2 saturated heterocycles. The van der Waals surface area contributed by atoms with Crippen molar-refractivity contribution in [2.75, 3.05) is 39.8 Å². The van der Waals surface area contributed by atoms with Gasteiger partial charge < -0.3 is 9.80 Å². The van der Waals surface area contributed by atoms with E-state index in [1.807, 2.05) is 6.20 Å². The zero-order valence-corrected chi connectivity index (χ0v) is 11.8. The lowest BCUT2D eigenvalue weighted by Crippen LogP contribution is -2.43. The molecular formula is C11H17N3OS2. The predicted molar refractivity (Wildman–Crippen MR) is 74.7 cm³/mol. The molecule has 0 aromatic rings. The van der Waals surface area contributed by atoms with Crippen LogP contribution < -0.4 is 0 Å². The maximum absolute atomic E-state index is 11.8. The first kappa shape index (κ1) is 12.9. The molecule has 0 aromatic carbocycles. The van der Waals surface area contributed by atoms with Gasteiger partial charge in [0, 0.05) is 39.4 Å². The van der Waals surface area contributed by atoms with Crippen molar-refractivity contribution < 1.29 is 4.79 Å². The number of amides is 1. The van der Waals surface area contributed by atoms with Crippen LogP contribution in [0.5, 0.6) is 0 Å². The van der Waals surface area contributed by atoms with Crippen LogP contribution in [-0.4, -0.2) is 64.7 Å². The summed E-state index contributed by atoms with van der Waals surface area (Å²) in [7, 11) is 1.73. The van der Waals surface area contributed by atoms with Crippen molar-refractivity contribution in [3.05, 3.63) is 11.1 Å². The molecule has 0 N–H and O–H groups in total. The first-order valence-electron chi connectivity index (χ1n) is 5.80. The van der Waals surface area contributed by atoms with Crippen molar-refractivity contribution >= 4 is 34.2 Å². The summed E-state index contributed by atoms with van der Waals surface area (Å²) in [5.74, 6) is 0.0259. The molecule has 0 saturated carbocycles. The summed E-state index contributed by atoms with van der Waals surface area (Å²) < 4.78 is 0.647. The van der Waals surface area contributed by atoms with Crippen LogP contribution in [0.1, 0.15) is 6.92 Å². The number of hydrogen-bond acceptors (Lipinski definition) is 5. The van der Waals surface area contributed by atoms with Gasteiger partial charge in [0.25, 0.3) is 5.91 Å². The van der Waals surface area contributed by atoms with Gasteiger partial charge in [0.05, 0.1) is 4.91 Å². The molecule has 17 heavy (non-hydrogen) atoms.